The lowest BCUT2D eigenvalue weighted by molar-refractivity contribution is -0.131. The molecule has 3 heterocycles. The van der Waals surface area contributed by atoms with Gasteiger partial charge < -0.3 is 18.9 Å². The fourth-order valence-corrected chi connectivity index (χ4v) is 3.11. The van der Waals surface area contributed by atoms with E-state index >= 15 is 0 Å². The number of rotatable bonds is 7. The van der Waals surface area contributed by atoms with Gasteiger partial charge in [-0.2, -0.15) is 4.98 Å². The molecule has 1 aliphatic heterocycles. The predicted octanol–water partition coefficient (Wildman–Crippen LogP) is 2.75. The molecule has 1 unspecified atom stereocenters. The molecule has 0 saturated heterocycles. The maximum atomic E-state index is 12.4. The SMILES string of the molecule is CN(CC1COc2ccccc2O1)C(=O)CCCc1nc(-c2cccnc2)no1. The maximum Gasteiger partial charge on any atom is 0.226 e. The highest BCUT2D eigenvalue weighted by molar-refractivity contribution is 5.75. The third kappa shape index (κ3) is 4.71. The summed E-state index contributed by atoms with van der Waals surface area (Å²) in [5, 5.41) is 3.96. The first kappa shape index (κ1) is 18.9. The fourth-order valence-electron chi connectivity index (χ4n) is 3.11. The molecular weight excluding hydrogens is 372 g/mol. The van der Waals surface area contributed by atoms with Gasteiger partial charge >= 0.3 is 0 Å². The van der Waals surface area contributed by atoms with Gasteiger partial charge in [-0.05, 0) is 30.7 Å². The summed E-state index contributed by atoms with van der Waals surface area (Å²) < 4.78 is 16.9. The summed E-state index contributed by atoms with van der Waals surface area (Å²) in [6, 6.07) is 11.2. The van der Waals surface area contributed by atoms with E-state index < -0.39 is 0 Å². The van der Waals surface area contributed by atoms with Crippen molar-refractivity contribution in [1.29, 1.82) is 0 Å². The topological polar surface area (TPSA) is 90.6 Å². The Labute approximate surface area is 168 Å². The second-order valence-electron chi connectivity index (χ2n) is 6.88. The number of carbonyl (C=O) groups is 1. The van der Waals surface area contributed by atoms with Crippen molar-refractivity contribution in [3.05, 3.63) is 54.7 Å². The molecular formula is C21H22N4O4. The van der Waals surface area contributed by atoms with Crippen LogP contribution in [0.2, 0.25) is 0 Å². The number of ether oxygens (including phenoxy) is 2. The van der Waals surface area contributed by atoms with E-state index in [1.54, 1.807) is 24.3 Å². The van der Waals surface area contributed by atoms with Gasteiger partial charge in [0.15, 0.2) is 17.6 Å². The molecule has 8 heteroatoms. The number of likely N-dealkylation sites (N-methyl/N-ethyl adjacent to an activating group) is 1. The standard InChI is InChI=1S/C21H22N4O4/c1-25(13-16-14-27-17-7-2-3-8-18(17)28-16)20(26)10-4-9-19-23-21(24-29-19)15-6-5-11-22-12-15/h2-3,5-8,11-12,16H,4,9-10,13-14H2,1H3. The number of fused-ring (bicyclic) bond motifs is 1. The summed E-state index contributed by atoms with van der Waals surface area (Å²) in [5.41, 5.74) is 0.801. The number of pyridine rings is 1. The van der Waals surface area contributed by atoms with Crippen LogP contribution < -0.4 is 9.47 Å². The molecule has 1 atom stereocenters. The van der Waals surface area contributed by atoms with E-state index in [0.717, 1.165) is 11.3 Å². The Bertz CT molecular complexity index is 960. The maximum absolute atomic E-state index is 12.4. The lowest BCUT2D eigenvalue weighted by atomic mass is 10.2. The van der Waals surface area contributed by atoms with Crippen LogP contribution in [0.25, 0.3) is 11.4 Å². The molecule has 0 saturated carbocycles. The van der Waals surface area contributed by atoms with Crippen LogP contribution >= 0.6 is 0 Å². The zero-order valence-electron chi connectivity index (χ0n) is 16.2. The van der Waals surface area contributed by atoms with Crippen LogP contribution in [-0.2, 0) is 11.2 Å². The summed E-state index contributed by atoms with van der Waals surface area (Å²) in [6.07, 6.45) is 4.76. The Balaban J connectivity index is 1.22. The van der Waals surface area contributed by atoms with Crippen LogP contribution in [-0.4, -0.2) is 52.2 Å². The summed E-state index contributed by atoms with van der Waals surface area (Å²) in [4.78, 5) is 22.5. The number of hydrogen-bond acceptors (Lipinski definition) is 7. The quantitative estimate of drug-likeness (QED) is 0.608. The van der Waals surface area contributed by atoms with E-state index in [1.165, 1.54) is 0 Å². The highest BCUT2D eigenvalue weighted by Crippen LogP contribution is 2.31. The molecule has 1 amide bonds. The van der Waals surface area contributed by atoms with Crippen LogP contribution in [0, 0.1) is 0 Å². The molecule has 0 bridgehead atoms. The molecule has 1 aliphatic rings. The third-order valence-corrected chi connectivity index (χ3v) is 4.64. The Morgan fingerprint density at radius 3 is 2.90 bits per heavy atom. The number of aryl methyl sites for hydroxylation is 1. The number of amides is 1. The molecule has 0 spiro atoms. The summed E-state index contributed by atoms with van der Waals surface area (Å²) in [7, 11) is 1.78. The van der Waals surface area contributed by atoms with Crippen molar-refractivity contribution in [3.8, 4) is 22.9 Å². The molecule has 0 N–H and O–H groups in total. The van der Waals surface area contributed by atoms with Gasteiger partial charge in [0.2, 0.25) is 17.6 Å². The van der Waals surface area contributed by atoms with Gasteiger partial charge in [0.1, 0.15) is 6.61 Å². The van der Waals surface area contributed by atoms with Gasteiger partial charge in [0, 0.05) is 37.8 Å². The van der Waals surface area contributed by atoms with Gasteiger partial charge in [0.05, 0.1) is 6.54 Å². The molecule has 2 aromatic heterocycles. The minimum Gasteiger partial charge on any atom is -0.486 e. The highest BCUT2D eigenvalue weighted by Gasteiger charge is 2.23. The van der Waals surface area contributed by atoms with Crippen molar-refractivity contribution in [2.75, 3.05) is 20.2 Å². The van der Waals surface area contributed by atoms with Crippen molar-refractivity contribution in [3.63, 3.8) is 0 Å². The normalized spacial score (nSPS) is 15.1. The van der Waals surface area contributed by atoms with Crippen molar-refractivity contribution in [2.45, 2.75) is 25.4 Å². The van der Waals surface area contributed by atoms with E-state index in [9.17, 15) is 4.79 Å². The molecule has 0 aliphatic carbocycles. The first-order valence-electron chi connectivity index (χ1n) is 9.54. The number of aromatic nitrogens is 3. The number of hydrogen-bond donors (Lipinski definition) is 0. The molecule has 150 valence electrons. The molecule has 8 nitrogen and oxygen atoms in total. The van der Waals surface area contributed by atoms with Crippen LogP contribution in [0.1, 0.15) is 18.7 Å². The zero-order valence-corrected chi connectivity index (χ0v) is 16.2. The second kappa shape index (κ2) is 8.72. The monoisotopic (exact) mass is 394 g/mol. The van der Waals surface area contributed by atoms with E-state index in [1.807, 2.05) is 36.4 Å². The molecule has 3 aromatic rings. The van der Waals surface area contributed by atoms with Gasteiger partial charge in [-0.15, -0.1) is 0 Å². The Morgan fingerprint density at radius 1 is 1.21 bits per heavy atom. The van der Waals surface area contributed by atoms with Gasteiger partial charge in [-0.3, -0.25) is 9.78 Å². The van der Waals surface area contributed by atoms with E-state index in [-0.39, 0.29) is 12.0 Å². The lowest BCUT2D eigenvalue weighted by Gasteiger charge is -2.29. The van der Waals surface area contributed by atoms with E-state index in [4.69, 9.17) is 14.0 Å². The van der Waals surface area contributed by atoms with Gasteiger partial charge in [0.25, 0.3) is 0 Å². The Kier molecular flexibility index (Phi) is 5.69. The predicted molar refractivity (Wildman–Crippen MR) is 104 cm³/mol. The summed E-state index contributed by atoms with van der Waals surface area (Å²) in [6.45, 7) is 0.895. The molecule has 0 fully saturated rings. The van der Waals surface area contributed by atoms with Crippen LogP contribution in [0.3, 0.4) is 0 Å². The van der Waals surface area contributed by atoms with Crippen molar-refractivity contribution in [2.24, 2.45) is 0 Å². The lowest BCUT2D eigenvalue weighted by Crippen LogP contribution is -2.41. The average molecular weight is 394 g/mol. The highest BCUT2D eigenvalue weighted by atomic mass is 16.6. The number of benzene rings is 1. The first-order valence-corrected chi connectivity index (χ1v) is 9.54. The Hall–Kier alpha value is -3.42. The second-order valence-corrected chi connectivity index (χ2v) is 6.88. The van der Waals surface area contributed by atoms with E-state index in [2.05, 4.69) is 15.1 Å². The average Bonchev–Trinajstić information content (AvgIpc) is 3.23. The molecule has 1 aromatic carbocycles. The van der Waals surface area contributed by atoms with Gasteiger partial charge in [-0.1, -0.05) is 17.3 Å². The van der Waals surface area contributed by atoms with E-state index in [0.29, 0.717) is 49.9 Å². The number of carbonyl (C=O) groups excluding carboxylic acids is 1. The summed E-state index contributed by atoms with van der Waals surface area (Å²) >= 11 is 0. The first-order chi connectivity index (χ1) is 14.2. The van der Waals surface area contributed by atoms with Crippen LogP contribution in [0.15, 0.2) is 53.3 Å². The third-order valence-electron chi connectivity index (χ3n) is 4.64. The fraction of sp³-hybridized carbons (Fsp3) is 0.333. The number of nitrogens with zero attached hydrogens (tertiary/aromatic N) is 4. The largest absolute Gasteiger partial charge is 0.486 e. The minimum atomic E-state index is -0.183. The van der Waals surface area contributed by atoms with Crippen molar-refractivity contribution >= 4 is 5.91 Å². The van der Waals surface area contributed by atoms with Crippen LogP contribution in [0.5, 0.6) is 11.5 Å². The minimum absolute atomic E-state index is 0.0412. The summed E-state index contributed by atoms with van der Waals surface area (Å²) in [5.74, 6) is 2.51. The van der Waals surface area contributed by atoms with Crippen molar-refractivity contribution in [1.82, 2.24) is 20.0 Å². The number of para-hydroxylation sites is 2. The Morgan fingerprint density at radius 2 is 2.07 bits per heavy atom. The van der Waals surface area contributed by atoms with Gasteiger partial charge in [-0.25, -0.2) is 0 Å². The smallest absolute Gasteiger partial charge is 0.226 e. The molecule has 29 heavy (non-hydrogen) atoms. The zero-order chi connectivity index (χ0) is 20.1. The molecule has 0 radical (unpaired) electrons. The van der Waals surface area contributed by atoms with Crippen molar-refractivity contribution < 1.29 is 18.8 Å². The molecule has 4 rings (SSSR count). The van der Waals surface area contributed by atoms with Crippen LogP contribution in [0.4, 0.5) is 0 Å².